The molecule has 0 saturated heterocycles. The van der Waals surface area contributed by atoms with Crippen LogP contribution in [0.2, 0.25) is 0 Å². The van der Waals surface area contributed by atoms with Crippen molar-refractivity contribution in [1.82, 2.24) is 4.98 Å². The fourth-order valence-corrected chi connectivity index (χ4v) is 3.14. The van der Waals surface area contributed by atoms with Crippen LogP contribution in [0, 0.1) is 0 Å². The largest absolute Gasteiger partial charge is 0.489 e. The summed E-state index contributed by atoms with van der Waals surface area (Å²) in [4.78, 5) is 17.5. The van der Waals surface area contributed by atoms with E-state index >= 15 is 0 Å². The average molecular weight is 373 g/mol. The molecule has 0 radical (unpaired) electrons. The fourth-order valence-electron chi connectivity index (χ4n) is 3.14. The number of hydrogen-bond donors (Lipinski definition) is 1. The van der Waals surface area contributed by atoms with Crippen LogP contribution in [0.3, 0.4) is 0 Å². The second kappa shape index (κ2) is 9.70. The highest BCUT2D eigenvalue weighted by Crippen LogP contribution is 2.32. The number of nitrogens with one attached hydrogen (secondary N) is 1. The third-order valence-corrected chi connectivity index (χ3v) is 4.54. The van der Waals surface area contributed by atoms with E-state index in [4.69, 9.17) is 9.47 Å². The van der Waals surface area contributed by atoms with Crippen LogP contribution in [0.4, 0.5) is 5.69 Å². The molecule has 1 heterocycles. The Hall–Kier alpha value is -2.14. The summed E-state index contributed by atoms with van der Waals surface area (Å²) < 4.78 is 11.7. The molecule has 1 aromatic heterocycles. The van der Waals surface area contributed by atoms with Crippen molar-refractivity contribution in [3.05, 3.63) is 30.5 Å². The molecule has 2 rings (SSSR count). The van der Waals surface area contributed by atoms with Gasteiger partial charge in [-0.25, -0.2) is 0 Å². The van der Waals surface area contributed by atoms with Gasteiger partial charge in [0.15, 0.2) is 0 Å². The molecule has 0 bridgehead atoms. The Bertz CT molecular complexity index is 760. The lowest BCUT2D eigenvalue weighted by Gasteiger charge is -2.28. The monoisotopic (exact) mass is 372 g/mol. The Labute approximate surface area is 162 Å². The maximum atomic E-state index is 13.0. The molecule has 0 spiro atoms. The number of unbranched alkanes of at least 4 members (excludes halogenated alkanes) is 2. The number of anilines is 1. The van der Waals surface area contributed by atoms with Gasteiger partial charge in [-0.2, -0.15) is 0 Å². The van der Waals surface area contributed by atoms with Gasteiger partial charge in [-0.15, -0.1) is 0 Å². The van der Waals surface area contributed by atoms with Gasteiger partial charge in [-0.05, 0) is 58.4 Å². The predicted octanol–water partition coefficient (Wildman–Crippen LogP) is 5.34. The zero-order chi connectivity index (χ0) is 19.9. The third-order valence-electron chi connectivity index (χ3n) is 4.54. The minimum Gasteiger partial charge on any atom is -0.489 e. The summed E-state index contributed by atoms with van der Waals surface area (Å²) in [6.07, 6.45) is 5.64. The molecular weight excluding hydrogens is 340 g/mol. The highest BCUT2D eigenvalue weighted by atomic mass is 16.5. The number of nitrogens with zero attached hydrogens (tertiary/aromatic N) is 1. The first-order chi connectivity index (χ1) is 12.9. The van der Waals surface area contributed by atoms with Crippen LogP contribution in [0.5, 0.6) is 5.75 Å². The van der Waals surface area contributed by atoms with Gasteiger partial charge in [0.25, 0.3) is 5.91 Å². The third kappa shape index (κ3) is 5.42. The maximum Gasteiger partial charge on any atom is 0.256 e. The Balaban J connectivity index is 2.29. The number of benzene rings is 1. The van der Waals surface area contributed by atoms with Gasteiger partial charge in [0.2, 0.25) is 0 Å². The fraction of sp³-hybridized carbons (Fsp3) is 0.545. The molecule has 5 nitrogen and oxygen atoms in total. The van der Waals surface area contributed by atoms with Crippen LogP contribution in [-0.2, 0) is 9.53 Å². The Morgan fingerprint density at radius 3 is 2.67 bits per heavy atom. The minimum absolute atomic E-state index is 0.0514. The van der Waals surface area contributed by atoms with Crippen molar-refractivity contribution in [3.63, 3.8) is 0 Å². The number of hydrogen-bond acceptors (Lipinski definition) is 4. The van der Waals surface area contributed by atoms with E-state index in [9.17, 15) is 4.79 Å². The number of aromatic nitrogens is 1. The summed E-state index contributed by atoms with van der Waals surface area (Å²) in [5, 5.41) is 3.92. The smallest absolute Gasteiger partial charge is 0.256 e. The predicted molar refractivity (Wildman–Crippen MR) is 110 cm³/mol. The zero-order valence-electron chi connectivity index (χ0n) is 17.2. The maximum absolute atomic E-state index is 13.0. The van der Waals surface area contributed by atoms with Crippen molar-refractivity contribution in [3.8, 4) is 5.75 Å². The lowest BCUT2D eigenvalue weighted by molar-refractivity contribution is -0.139. The van der Waals surface area contributed by atoms with Crippen LogP contribution >= 0.6 is 0 Å². The summed E-state index contributed by atoms with van der Waals surface area (Å²) in [6, 6.07) is 7.54. The van der Waals surface area contributed by atoms with E-state index in [1.807, 2.05) is 52.0 Å². The van der Waals surface area contributed by atoms with Crippen molar-refractivity contribution in [1.29, 1.82) is 0 Å². The molecule has 0 fully saturated rings. The average Bonchev–Trinajstić information content (AvgIpc) is 2.63. The molecule has 27 heavy (non-hydrogen) atoms. The standard InChI is InChI=1S/C22H32N2O3/c1-6-8-9-14-22(5,26-7-2)21(25)24-18-12-13-19(27-16(3)4)20-17(18)11-10-15-23-20/h10-13,15-16H,6-9,14H2,1-5H3,(H,24,25)/t22-/m0/s1. The van der Waals surface area contributed by atoms with E-state index in [-0.39, 0.29) is 12.0 Å². The Morgan fingerprint density at radius 2 is 2.00 bits per heavy atom. The van der Waals surface area contributed by atoms with Gasteiger partial charge >= 0.3 is 0 Å². The van der Waals surface area contributed by atoms with Crippen LogP contribution < -0.4 is 10.1 Å². The molecule has 0 aliphatic carbocycles. The lowest BCUT2D eigenvalue weighted by Crippen LogP contribution is -2.42. The molecule has 0 unspecified atom stereocenters. The first-order valence-corrected chi connectivity index (χ1v) is 9.91. The van der Waals surface area contributed by atoms with E-state index < -0.39 is 5.60 Å². The molecule has 0 saturated carbocycles. The Morgan fingerprint density at radius 1 is 1.22 bits per heavy atom. The summed E-state index contributed by atoms with van der Waals surface area (Å²) in [6.45, 7) is 10.4. The molecular formula is C22H32N2O3. The second-order valence-corrected chi connectivity index (χ2v) is 7.25. The molecule has 0 aliphatic rings. The highest BCUT2D eigenvalue weighted by Gasteiger charge is 2.33. The number of amides is 1. The molecule has 1 aromatic carbocycles. The normalized spacial score (nSPS) is 13.6. The molecule has 1 amide bonds. The van der Waals surface area contributed by atoms with Crippen LogP contribution in [0.1, 0.15) is 60.3 Å². The number of carbonyl (C=O) groups is 1. The van der Waals surface area contributed by atoms with E-state index in [0.29, 0.717) is 18.8 Å². The molecule has 1 N–H and O–H groups in total. The van der Waals surface area contributed by atoms with Crippen LogP contribution in [0.15, 0.2) is 30.5 Å². The van der Waals surface area contributed by atoms with E-state index in [1.54, 1.807) is 6.20 Å². The van der Waals surface area contributed by atoms with Gasteiger partial charge in [0.1, 0.15) is 16.9 Å². The lowest BCUT2D eigenvalue weighted by atomic mass is 9.96. The second-order valence-electron chi connectivity index (χ2n) is 7.25. The molecule has 2 aromatic rings. The van der Waals surface area contributed by atoms with Crippen molar-refractivity contribution in [2.45, 2.75) is 72.0 Å². The van der Waals surface area contributed by atoms with Gasteiger partial charge in [-0.1, -0.05) is 26.2 Å². The highest BCUT2D eigenvalue weighted by molar-refractivity contribution is 6.05. The molecule has 148 valence electrons. The topological polar surface area (TPSA) is 60.5 Å². The summed E-state index contributed by atoms with van der Waals surface area (Å²) in [5.41, 5.74) is 0.625. The van der Waals surface area contributed by atoms with Gasteiger partial charge in [-0.3, -0.25) is 9.78 Å². The molecule has 5 heteroatoms. The van der Waals surface area contributed by atoms with Crippen molar-refractivity contribution >= 4 is 22.5 Å². The van der Waals surface area contributed by atoms with E-state index in [1.165, 1.54) is 0 Å². The van der Waals surface area contributed by atoms with Gasteiger partial charge < -0.3 is 14.8 Å². The Kier molecular flexibility index (Phi) is 7.60. The van der Waals surface area contributed by atoms with Crippen molar-refractivity contribution in [2.75, 3.05) is 11.9 Å². The van der Waals surface area contributed by atoms with Crippen molar-refractivity contribution < 1.29 is 14.3 Å². The minimum atomic E-state index is -0.842. The molecule has 1 atom stereocenters. The first kappa shape index (κ1) is 21.2. The quantitative estimate of drug-likeness (QED) is 0.572. The number of fused-ring (bicyclic) bond motifs is 1. The number of carbonyl (C=O) groups excluding carboxylic acids is 1. The van der Waals surface area contributed by atoms with E-state index in [2.05, 4.69) is 17.2 Å². The molecule has 0 aliphatic heterocycles. The number of pyridine rings is 1. The van der Waals surface area contributed by atoms with Crippen molar-refractivity contribution in [2.24, 2.45) is 0 Å². The summed E-state index contributed by atoms with van der Waals surface area (Å²) in [7, 11) is 0. The van der Waals surface area contributed by atoms with Crippen LogP contribution in [0.25, 0.3) is 10.9 Å². The summed E-state index contributed by atoms with van der Waals surface area (Å²) >= 11 is 0. The number of rotatable bonds is 10. The summed E-state index contributed by atoms with van der Waals surface area (Å²) in [5.74, 6) is 0.595. The van der Waals surface area contributed by atoms with Gasteiger partial charge in [0, 0.05) is 18.2 Å². The number of ether oxygens (including phenoxy) is 2. The van der Waals surface area contributed by atoms with Crippen LogP contribution in [-0.4, -0.2) is 29.2 Å². The SMILES string of the molecule is CCCCC[C@](C)(OCC)C(=O)Nc1ccc(OC(C)C)c2ncccc12. The van der Waals surface area contributed by atoms with Gasteiger partial charge in [0.05, 0.1) is 11.8 Å². The first-order valence-electron chi connectivity index (χ1n) is 9.91. The zero-order valence-corrected chi connectivity index (χ0v) is 17.2. The van der Waals surface area contributed by atoms with E-state index in [0.717, 1.165) is 35.9 Å².